The van der Waals surface area contributed by atoms with E-state index in [4.69, 9.17) is 28.4 Å². The quantitative estimate of drug-likeness (QED) is 0.143. The Hall–Kier alpha value is -5.32. The minimum Gasteiger partial charge on any atom is -0.459 e. The molecule has 1 heterocycles. The summed E-state index contributed by atoms with van der Waals surface area (Å²) in [5.41, 5.74) is 0.761. The molecule has 1 aliphatic heterocycles. The molecule has 0 spiro atoms. The number of carbonyl (C=O) groups excluding carboxylic acids is 4. The maximum Gasteiger partial charge on any atom is 0.341 e. The number of rotatable bonds is 10. The molecule has 44 heavy (non-hydrogen) atoms. The van der Waals surface area contributed by atoms with Crippen molar-refractivity contribution in [1.29, 1.82) is 0 Å². The van der Waals surface area contributed by atoms with Gasteiger partial charge in [0.2, 0.25) is 6.10 Å². The van der Waals surface area contributed by atoms with Gasteiger partial charge in [0.15, 0.2) is 0 Å². The largest absolute Gasteiger partial charge is 0.459 e. The lowest BCUT2D eigenvalue weighted by molar-refractivity contribution is -0.290. The van der Waals surface area contributed by atoms with Gasteiger partial charge in [0, 0.05) is 7.11 Å². The van der Waals surface area contributed by atoms with Gasteiger partial charge in [-0.25, -0.2) is 19.2 Å². The maximum absolute atomic E-state index is 13.4. The van der Waals surface area contributed by atoms with E-state index in [0.29, 0.717) is 0 Å². The third-order valence-corrected chi connectivity index (χ3v) is 6.80. The van der Waals surface area contributed by atoms with Crippen molar-refractivity contribution in [2.45, 2.75) is 24.3 Å². The third kappa shape index (κ3) is 6.67. The van der Waals surface area contributed by atoms with Gasteiger partial charge in [-0.05, 0) is 48.5 Å². The van der Waals surface area contributed by atoms with Crippen molar-refractivity contribution < 1.29 is 47.6 Å². The molecule has 0 radical (unpaired) electrons. The van der Waals surface area contributed by atoms with E-state index in [2.05, 4.69) is 0 Å². The van der Waals surface area contributed by atoms with Gasteiger partial charge in [0.05, 0.1) is 22.3 Å². The Kier molecular flexibility index (Phi) is 9.43. The molecule has 2 unspecified atom stereocenters. The molecule has 0 aliphatic carbocycles. The average molecular weight is 597 g/mol. The number of esters is 4. The summed E-state index contributed by atoms with van der Waals surface area (Å²) in [6.07, 6.45) is -4.61. The minimum absolute atomic E-state index is 0.143. The maximum atomic E-state index is 13.4. The lowest BCUT2D eigenvalue weighted by atomic mass is 10.1. The van der Waals surface area contributed by atoms with E-state index in [-0.39, 0.29) is 22.3 Å². The topological polar surface area (TPSA) is 124 Å². The molecule has 5 rings (SSSR count). The number of carbonyl (C=O) groups is 4. The number of benzene rings is 4. The van der Waals surface area contributed by atoms with Crippen LogP contribution < -0.4 is 0 Å². The molecule has 0 N–H and O–H groups in total. The summed E-state index contributed by atoms with van der Waals surface area (Å²) in [6.45, 7) is -0.478. The van der Waals surface area contributed by atoms with Gasteiger partial charge in [-0.3, -0.25) is 0 Å². The highest BCUT2D eigenvalue weighted by Gasteiger charge is 2.66. The van der Waals surface area contributed by atoms with Crippen molar-refractivity contribution in [2.24, 2.45) is 0 Å². The molecule has 4 atom stereocenters. The van der Waals surface area contributed by atoms with Gasteiger partial charge in [0.1, 0.15) is 12.7 Å². The van der Waals surface area contributed by atoms with E-state index in [1.165, 1.54) is 43.5 Å². The lowest BCUT2D eigenvalue weighted by Crippen LogP contribution is -2.56. The van der Waals surface area contributed by atoms with Gasteiger partial charge >= 0.3 is 29.7 Å². The summed E-state index contributed by atoms with van der Waals surface area (Å²) in [6, 6.07) is 32.3. The zero-order valence-electron chi connectivity index (χ0n) is 23.6. The van der Waals surface area contributed by atoms with Gasteiger partial charge in [-0.2, -0.15) is 0 Å². The van der Waals surface area contributed by atoms with Crippen LogP contribution in [0.2, 0.25) is 0 Å². The summed E-state index contributed by atoms with van der Waals surface area (Å²) in [7, 11) is 1.19. The average Bonchev–Trinajstić information content (AvgIpc) is 3.35. The van der Waals surface area contributed by atoms with Gasteiger partial charge in [-0.1, -0.05) is 72.8 Å². The standard InChI is InChI=1S/C34H28O10/c1-39-34(44-32(38)26-20-12-5-13-21-26)28(42-30(36)24-16-8-3-9-17-24)27(22-40-29(35)23-14-6-2-7-15-23)41-33(34)43-31(37)25-18-10-4-11-19-25/h2-21,27-28,33H,22H2,1H3/t27?,28-,33-,34?/m1/s1. The first-order valence-electron chi connectivity index (χ1n) is 13.6. The normalized spacial score (nSPS) is 20.7. The van der Waals surface area contributed by atoms with Crippen LogP contribution in [0.1, 0.15) is 41.4 Å². The second-order valence-electron chi connectivity index (χ2n) is 9.62. The molecule has 10 nitrogen and oxygen atoms in total. The first-order chi connectivity index (χ1) is 21.4. The number of hydrogen-bond donors (Lipinski definition) is 0. The molecule has 1 saturated heterocycles. The number of methoxy groups -OCH3 is 1. The van der Waals surface area contributed by atoms with Gasteiger partial charge in [0.25, 0.3) is 6.29 Å². The van der Waals surface area contributed by atoms with Crippen LogP contribution >= 0.6 is 0 Å². The second kappa shape index (κ2) is 13.8. The Morgan fingerprint density at radius 1 is 0.591 bits per heavy atom. The fraction of sp³-hybridized carbons (Fsp3) is 0.176. The Labute approximate surface area is 253 Å². The molecule has 0 bridgehead atoms. The smallest absolute Gasteiger partial charge is 0.341 e. The van der Waals surface area contributed by atoms with Gasteiger partial charge in [-0.15, -0.1) is 0 Å². The molecular formula is C34H28O10. The predicted octanol–water partition coefficient (Wildman–Crippen LogP) is 4.85. The molecule has 1 fully saturated rings. The van der Waals surface area contributed by atoms with E-state index in [9.17, 15) is 19.2 Å². The fourth-order valence-corrected chi connectivity index (χ4v) is 4.56. The van der Waals surface area contributed by atoms with E-state index in [0.717, 1.165) is 0 Å². The summed E-state index contributed by atoms with van der Waals surface area (Å²) in [4.78, 5) is 52.7. The molecule has 0 saturated carbocycles. The SMILES string of the molecule is COC1(OC(=O)c2ccccc2)[C@@H](OC(=O)c2ccccc2)OC(COC(=O)c2ccccc2)[C@H]1OC(=O)c1ccccc1. The molecule has 1 aliphatic rings. The molecule has 224 valence electrons. The van der Waals surface area contributed by atoms with Crippen LogP contribution in [-0.4, -0.2) is 61.9 Å². The van der Waals surface area contributed by atoms with Crippen LogP contribution in [0.3, 0.4) is 0 Å². The fourth-order valence-electron chi connectivity index (χ4n) is 4.56. The summed E-state index contributed by atoms with van der Waals surface area (Å²) >= 11 is 0. The minimum atomic E-state index is -2.31. The molecule has 4 aromatic rings. The number of ether oxygens (including phenoxy) is 6. The molecule has 0 aromatic heterocycles. The van der Waals surface area contributed by atoms with Crippen molar-refractivity contribution in [3.05, 3.63) is 144 Å². The Balaban J connectivity index is 1.51. The summed E-state index contributed by atoms with van der Waals surface area (Å²) in [5.74, 6) is -5.52. The third-order valence-electron chi connectivity index (χ3n) is 6.80. The Morgan fingerprint density at radius 2 is 1.00 bits per heavy atom. The summed E-state index contributed by atoms with van der Waals surface area (Å²) < 4.78 is 34.7. The molecule has 10 heteroatoms. The van der Waals surface area contributed by atoms with Crippen molar-refractivity contribution in [3.63, 3.8) is 0 Å². The molecular weight excluding hydrogens is 568 g/mol. The lowest BCUT2D eigenvalue weighted by Gasteiger charge is -2.35. The number of hydrogen-bond acceptors (Lipinski definition) is 10. The zero-order chi connectivity index (χ0) is 30.9. The van der Waals surface area contributed by atoms with E-state index < -0.39 is 54.8 Å². The first-order valence-corrected chi connectivity index (χ1v) is 13.6. The van der Waals surface area contributed by atoms with Crippen LogP contribution in [0.5, 0.6) is 0 Å². The van der Waals surface area contributed by atoms with E-state index in [1.54, 1.807) is 84.9 Å². The van der Waals surface area contributed by atoms with Crippen molar-refractivity contribution in [1.82, 2.24) is 0 Å². The molecule has 0 amide bonds. The Bertz CT molecular complexity index is 1580. The highest BCUT2D eigenvalue weighted by Crippen LogP contribution is 2.40. The predicted molar refractivity (Wildman–Crippen MR) is 154 cm³/mol. The van der Waals surface area contributed by atoms with Crippen LogP contribution in [0, 0.1) is 0 Å². The van der Waals surface area contributed by atoms with Crippen LogP contribution in [0.4, 0.5) is 0 Å². The molecule has 4 aromatic carbocycles. The van der Waals surface area contributed by atoms with Gasteiger partial charge < -0.3 is 28.4 Å². The van der Waals surface area contributed by atoms with Crippen molar-refractivity contribution in [3.8, 4) is 0 Å². The highest BCUT2D eigenvalue weighted by molar-refractivity contribution is 5.91. The van der Waals surface area contributed by atoms with E-state index in [1.807, 2.05) is 0 Å². The first kappa shape index (κ1) is 30.1. The van der Waals surface area contributed by atoms with E-state index >= 15 is 0 Å². The summed E-state index contributed by atoms with van der Waals surface area (Å²) in [5, 5.41) is 0. The zero-order valence-corrected chi connectivity index (χ0v) is 23.6. The second-order valence-corrected chi connectivity index (χ2v) is 9.62. The van der Waals surface area contributed by atoms with Crippen LogP contribution in [-0.2, 0) is 28.4 Å². The van der Waals surface area contributed by atoms with Crippen molar-refractivity contribution >= 4 is 23.9 Å². The monoisotopic (exact) mass is 596 g/mol. The van der Waals surface area contributed by atoms with Crippen LogP contribution in [0.25, 0.3) is 0 Å². The highest BCUT2D eigenvalue weighted by atomic mass is 16.8. The van der Waals surface area contributed by atoms with Crippen molar-refractivity contribution in [2.75, 3.05) is 13.7 Å². The Morgan fingerprint density at radius 3 is 1.45 bits per heavy atom. The van der Waals surface area contributed by atoms with Crippen LogP contribution in [0.15, 0.2) is 121 Å².